The Balaban J connectivity index is 4.31. The molecule has 6 heteroatoms. The Kier molecular flexibility index (Phi) is 66.7. The molecule has 83 heavy (non-hydrogen) atoms. The summed E-state index contributed by atoms with van der Waals surface area (Å²) < 4.78 is 17.0. The summed E-state index contributed by atoms with van der Waals surface area (Å²) in [7, 11) is 0. The van der Waals surface area contributed by atoms with Crippen LogP contribution in [0.1, 0.15) is 329 Å². The Morgan fingerprint density at radius 1 is 0.253 bits per heavy atom. The first kappa shape index (κ1) is 78.8. The Morgan fingerprint density at radius 2 is 0.470 bits per heavy atom. The maximum absolute atomic E-state index is 12.9. The fourth-order valence-electron chi connectivity index (χ4n) is 9.79. The van der Waals surface area contributed by atoms with Gasteiger partial charge in [-0.2, -0.15) is 0 Å². The first-order valence-electron chi connectivity index (χ1n) is 35.0. The van der Waals surface area contributed by atoms with Crippen LogP contribution >= 0.6 is 0 Å². The smallest absolute Gasteiger partial charge is 0.306 e. The third-order valence-electron chi connectivity index (χ3n) is 15.0. The van der Waals surface area contributed by atoms with Crippen molar-refractivity contribution in [1.82, 2.24) is 0 Å². The number of carbonyl (C=O) groups is 3. The van der Waals surface area contributed by atoms with E-state index in [4.69, 9.17) is 14.2 Å². The number of rotatable bonds is 63. The van der Waals surface area contributed by atoms with Crippen molar-refractivity contribution < 1.29 is 28.6 Å². The lowest BCUT2D eigenvalue weighted by Gasteiger charge is -2.18. The number of carbonyl (C=O) groups excluding carboxylic acids is 3. The predicted octanol–water partition coefficient (Wildman–Crippen LogP) is 24.3. The van der Waals surface area contributed by atoms with Crippen LogP contribution in [0.4, 0.5) is 0 Å². The molecule has 474 valence electrons. The van der Waals surface area contributed by atoms with E-state index in [0.717, 1.165) is 135 Å². The number of ether oxygens (including phenoxy) is 3. The molecule has 1 atom stereocenters. The monoisotopic (exact) mass is 1150 g/mol. The number of unbranched alkanes of at least 4 members (excludes halogenated alkanes) is 32. The molecule has 0 bridgehead atoms. The van der Waals surface area contributed by atoms with Gasteiger partial charge in [0.05, 0.1) is 0 Å². The Hall–Kier alpha value is -4.19. The zero-order chi connectivity index (χ0) is 59.9. The summed E-state index contributed by atoms with van der Waals surface area (Å²) in [5.41, 5.74) is 0. The lowest BCUT2D eigenvalue weighted by Crippen LogP contribution is -2.30. The molecule has 0 heterocycles. The van der Waals surface area contributed by atoms with E-state index in [1.807, 2.05) is 0 Å². The van der Waals surface area contributed by atoms with Crippen LogP contribution in [0.3, 0.4) is 0 Å². The maximum atomic E-state index is 12.9. The van der Waals surface area contributed by atoms with Gasteiger partial charge in [-0.1, -0.05) is 322 Å². The minimum absolute atomic E-state index is 0.0866. The van der Waals surface area contributed by atoms with Crippen LogP contribution in [0.15, 0.2) is 122 Å². The molecule has 0 aliphatic carbocycles. The fraction of sp³-hybridized carbons (Fsp3) is 0.701. The molecule has 6 nitrogen and oxygen atoms in total. The molecule has 0 saturated heterocycles. The minimum Gasteiger partial charge on any atom is -0.462 e. The van der Waals surface area contributed by atoms with Crippen molar-refractivity contribution in [1.29, 1.82) is 0 Å². The predicted molar refractivity (Wildman–Crippen MR) is 362 cm³/mol. The normalized spacial score (nSPS) is 12.9. The molecule has 1 unspecified atom stereocenters. The molecule has 0 aliphatic rings. The molecule has 0 amide bonds. The van der Waals surface area contributed by atoms with Gasteiger partial charge in [-0.3, -0.25) is 14.4 Å². The minimum atomic E-state index is -0.794. The standard InChI is InChI=1S/C77H130O6/c1-4-7-10-13-16-19-22-25-28-31-32-33-34-35-36-37-38-39-40-41-42-43-44-47-49-52-55-58-61-64-67-70-76(79)82-73-74(83-77(80)71-68-65-62-59-56-53-50-46-30-27-24-21-18-15-12-9-6-3)72-81-75(78)69-66-63-60-57-54-51-48-45-29-26-23-20-17-14-11-8-5-2/h7,9-10,12,16,18-19,21,25,27-28,30,32-33,35-36,38-39,50,53,74H,4-6,8,11,13-15,17,20,22-24,26,29,31,34,37,40-49,51-52,54-73H2,1-3H3/b10-7-,12-9-,19-16-,21-18-,28-25-,30-27-,33-32-,36-35-,39-38-,53-50-. The molecule has 0 rings (SSSR count). The highest BCUT2D eigenvalue weighted by atomic mass is 16.6. The molecular weight excluding hydrogens is 1020 g/mol. The highest BCUT2D eigenvalue weighted by Crippen LogP contribution is 2.17. The van der Waals surface area contributed by atoms with Crippen LogP contribution in [0.5, 0.6) is 0 Å². The first-order chi connectivity index (χ1) is 41.0. The van der Waals surface area contributed by atoms with E-state index in [-0.39, 0.29) is 31.1 Å². The van der Waals surface area contributed by atoms with Gasteiger partial charge in [-0.25, -0.2) is 0 Å². The number of allylic oxidation sites excluding steroid dienone is 20. The zero-order valence-electron chi connectivity index (χ0n) is 54.4. The molecule has 0 radical (unpaired) electrons. The van der Waals surface area contributed by atoms with Crippen LogP contribution in [0.2, 0.25) is 0 Å². The number of hydrogen-bond donors (Lipinski definition) is 0. The van der Waals surface area contributed by atoms with Gasteiger partial charge in [0.2, 0.25) is 0 Å². The zero-order valence-corrected chi connectivity index (χ0v) is 54.4. The summed E-state index contributed by atoms with van der Waals surface area (Å²) >= 11 is 0. The summed E-state index contributed by atoms with van der Waals surface area (Å²) in [5, 5.41) is 0. The molecule has 0 spiro atoms. The molecule has 0 aliphatic heterocycles. The van der Waals surface area contributed by atoms with Gasteiger partial charge in [0.25, 0.3) is 0 Å². The van der Waals surface area contributed by atoms with Gasteiger partial charge in [0.1, 0.15) is 13.2 Å². The number of esters is 3. The lowest BCUT2D eigenvalue weighted by atomic mass is 10.0. The van der Waals surface area contributed by atoms with Crippen LogP contribution in [-0.2, 0) is 28.6 Å². The van der Waals surface area contributed by atoms with Gasteiger partial charge in [0.15, 0.2) is 6.10 Å². The average Bonchev–Trinajstić information content (AvgIpc) is 3.49. The Morgan fingerprint density at radius 3 is 0.735 bits per heavy atom. The Labute approximate surface area is 513 Å². The molecule has 0 fully saturated rings. The van der Waals surface area contributed by atoms with E-state index in [1.54, 1.807) is 0 Å². The van der Waals surface area contributed by atoms with E-state index in [1.165, 1.54) is 154 Å². The molecule has 0 aromatic carbocycles. The van der Waals surface area contributed by atoms with E-state index in [0.29, 0.717) is 19.3 Å². The van der Waals surface area contributed by atoms with E-state index in [2.05, 4.69) is 142 Å². The van der Waals surface area contributed by atoms with Gasteiger partial charge in [0, 0.05) is 19.3 Å². The van der Waals surface area contributed by atoms with Gasteiger partial charge < -0.3 is 14.2 Å². The van der Waals surface area contributed by atoms with Crippen LogP contribution in [0.25, 0.3) is 0 Å². The number of hydrogen-bond acceptors (Lipinski definition) is 6. The largest absolute Gasteiger partial charge is 0.462 e. The third-order valence-corrected chi connectivity index (χ3v) is 15.0. The van der Waals surface area contributed by atoms with Crippen molar-refractivity contribution in [3.05, 3.63) is 122 Å². The second-order valence-electron chi connectivity index (χ2n) is 23.0. The van der Waals surface area contributed by atoms with Crippen molar-refractivity contribution in [2.75, 3.05) is 13.2 Å². The molecule has 0 aromatic rings. The Bertz CT molecular complexity index is 1700. The van der Waals surface area contributed by atoms with Crippen molar-refractivity contribution in [2.45, 2.75) is 335 Å². The van der Waals surface area contributed by atoms with Gasteiger partial charge in [-0.05, 0) is 109 Å². The highest BCUT2D eigenvalue weighted by Gasteiger charge is 2.19. The van der Waals surface area contributed by atoms with Crippen molar-refractivity contribution in [2.24, 2.45) is 0 Å². The van der Waals surface area contributed by atoms with Crippen LogP contribution in [-0.4, -0.2) is 37.2 Å². The highest BCUT2D eigenvalue weighted by molar-refractivity contribution is 5.71. The SMILES string of the molecule is CC/C=C\C/C=C\C/C=C\C/C=C\C/C=C\C/C=C\CCCCCCCCCCCCCCC(=O)OCC(COC(=O)CCCCCCCCCCCCCCCCCCC)OC(=O)CCCCCC/C=C\C/C=C\C/C=C\C/C=C\CC. The molecule has 0 N–H and O–H groups in total. The maximum Gasteiger partial charge on any atom is 0.306 e. The van der Waals surface area contributed by atoms with Crippen molar-refractivity contribution >= 4 is 17.9 Å². The summed E-state index contributed by atoms with van der Waals surface area (Å²) in [6.45, 7) is 6.43. The first-order valence-corrected chi connectivity index (χ1v) is 35.0. The second kappa shape index (κ2) is 70.3. The van der Waals surface area contributed by atoms with E-state index in [9.17, 15) is 14.4 Å². The van der Waals surface area contributed by atoms with E-state index < -0.39 is 6.10 Å². The summed E-state index contributed by atoms with van der Waals surface area (Å²) in [5.74, 6) is -0.900. The summed E-state index contributed by atoms with van der Waals surface area (Å²) in [6.07, 6.45) is 97.9. The lowest BCUT2D eigenvalue weighted by molar-refractivity contribution is -0.167. The van der Waals surface area contributed by atoms with Gasteiger partial charge >= 0.3 is 17.9 Å². The molecule has 0 aromatic heterocycles. The average molecular weight is 1150 g/mol. The molecular formula is C77H130O6. The van der Waals surface area contributed by atoms with Gasteiger partial charge in [-0.15, -0.1) is 0 Å². The van der Waals surface area contributed by atoms with Crippen molar-refractivity contribution in [3.8, 4) is 0 Å². The third kappa shape index (κ3) is 68.5. The fourth-order valence-corrected chi connectivity index (χ4v) is 9.79. The second-order valence-corrected chi connectivity index (χ2v) is 23.0. The van der Waals surface area contributed by atoms with Crippen molar-refractivity contribution in [3.63, 3.8) is 0 Å². The molecule has 0 saturated carbocycles. The summed E-state index contributed by atoms with van der Waals surface area (Å²) in [6, 6.07) is 0. The quantitative estimate of drug-likeness (QED) is 0.0261. The summed E-state index contributed by atoms with van der Waals surface area (Å²) in [4.78, 5) is 38.4. The van der Waals surface area contributed by atoms with Crippen LogP contribution in [0, 0.1) is 0 Å². The van der Waals surface area contributed by atoms with Crippen LogP contribution < -0.4 is 0 Å². The van der Waals surface area contributed by atoms with E-state index >= 15 is 0 Å². The topological polar surface area (TPSA) is 78.9 Å².